The highest BCUT2D eigenvalue weighted by Crippen LogP contribution is 2.25. The van der Waals surface area contributed by atoms with E-state index in [1.807, 2.05) is 4.90 Å². The van der Waals surface area contributed by atoms with E-state index in [2.05, 4.69) is 36.7 Å². The highest BCUT2D eigenvalue weighted by molar-refractivity contribution is 9.09. The molecule has 1 fully saturated rings. The number of amides is 1. The third-order valence-corrected chi connectivity index (χ3v) is 3.87. The molecule has 1 amide bonds. The predicted octanol–water partition coefficient (Wildman–Crippen LogP) is 3.05. The lowest BCUT2D eigenvalue weighted by Crippen LogP contribution is -2.40. The van der Waals surface area contributed by atoms with Crippen LogP contribution in [-0.4, -0.2) is 28.7 Å². The molecule has 1 atom stereocenters. The maximum Gasteiger partial charge on any atom is 0.222 e. The van der Waals surface area contributed by atoms with Gasteiger partial charge in [-0.1, -0.05) is 36.7 Å². The topological polar surface area (TPSA) is 20.3 Å². The number of nitrogens with zero attached hydrogens (tertiary/aromatic N) is 1. The summed E-state index contributed by atoms with van der Waals surface area (Å²) in [5.74, 6) is 1.56. The molecule has 1 rings (SSSR count). The van der Waals surface area contributed by atoms with Gasteiger partial charge in [-0.2, -0.15) is 0 Å². The van der Waals surface area contributed by atoms with Gasteiger partial charge in [0.2, 0.25) is 5.91 Å². The Balaban J connectivity index is 2.34. The van der Waals surface area contributed by atoms with Crippen LogP contribution in [0.2, 0.25) is 0 Å². The molecule has 2 nitrogen and oxygen atoms in total. The molecule has 1 unspecified atom stereocenters. The normalized spacial score (nSPS) is 20.7. The van der Waals surface area contributed by atoms with Gasteiger partial charge in [-0.3, -0.25) is 4.79 Å². The smallest absolute Gasteiger partial charge is 0.222 e. The highest BCUT2D eigenvalue weighted by Gasteiger charge is 2.25. The van der Waals surface area contributed by atoms with Crippen LogP contribution in [-0.2, 0) is 4.79 Å². The summed E-state index contributed by atoms with van der Waals surface area (Å²) in [7, 11) is 0. The molecule has 0 N–H and O–H groups in total. The van der Waals surface area contributed by atoms with Crippen molar-refractivity contribution in [2.75, 3.05) is 13.1 Å². The van der Waals surface area contributed by atoms with E-state index < -0.39 is 0 Å². The first-order valence-electron chi connectivity index (χ1n) is 5.92. The number of carbonyl (C=O) groups excluding carboxylic acids is 1. The van der Waals surface area contributed by atoms with Crippen molar-refractivity contribution in [1.82, 2.24) is 4.90 Å². The fourth-order valence-corrected chi connectivity index (χ4v) is 2.62. The SMILES string of the molecule is CC(C)CC(=O)N1CCC(C(C)Br)CC1. The lowest BCUT2D eigenvalue weighted by molar-refractivity contribution is -0.133. The van der Waals surface area contributed by atoms with Gasteiger partial charge < -0.3 is 4.90 Å². The minimum atomic E-state index is 0.339. The first kappa shape index (κ1) is 13.0. The van der Waals surface area contributed by atoms with Crippen molar-refractivity contribution >= 4 is 21.8 Å². The second-order valence-corrected chi connectivity index (χ2v) is 6.44. The van der Waals surface area contributed by atoms with E-state index in [4.69, 9.17) is 0 Å². The molecule has 0 aliphatic carbocycles. The first-order chi connectivity index (χ1) is 7.00. The zero-order valence-electron chi connectivity index (χ0n) is 10.0. The highest BCUT2D eigenvalue weighted by atomic mass is 79.9. The molecule has 15 heavy (non-hydrogen) atoms. The van der Waals surface area contributed by atoms with Gasteiger partial charge in [0.25, 0.3) is 0 Å². The van der Waals surface area contributed by atoms with E-state index in [0.717, 1.165) is 31.8 Å². The van der Waals surface area contributed by atoms with Gasteiger partial charge in [-0.25, -0.2) is 0 Å². The van der Waals surface area contributed by atoms with Crippen molar-refractivity contribution in [1.29, 1.82) is 0 Å². The van der Waals surface area contributed by atoms with E-state index in [-0.39, 0.29) is 0 Å². The third-order valence-electron chi connectivity index (χ3n) is 3.12. The Bertz CT molecular complexity index is 208. The minimum Gasteiger partial charge on any atom is -0.343 e. The van der Waals surface area contributed by atoms with Gasteiger partial charge in [-0.05, 0) is 24.7 Å². The molecule has 1 aliphatic rings. The summed E-state index contributed by atoms with van der Waals surface area (Å²) in [4.78, 5) is 14.4. The van der Waals surface area contributed by atoms with Crippen LogP contribution >= 0.6 is 15.9 Å². The minimum absolute atomic E-state index is 0.339. The van der Waals surface area contributed by atoms with Gasteiger partial charge in [-0.15, -0.1) is 0 Å². The maximum absolute atomic E-state index is 11.8. The Hall–Kier alpha value is -0.0500. The van der Waals surface area contributed by atoms with E-state index in [0.29, 0.717) is 23.1 Å². The average Bonchev–Trinajstić information content (AvgIpc) is 2.17. The van der Waals surface area contributed by atoms with Crippen molar-refractivity contribution in [2.24, 2.45) is 11.8 Å². The fraction of sp³-hybridized carbons (Fsp3) is 0.917. The number of hydrogen-bond acceptors (Lipinski definition) is 1. The van der Waals surface area contributed by atoms with Gasteiger partial charge in [0.05, 0.1) is 0 Å². The number of alkyl halides is 1. The van der Waals surface area contributed by atoms with Gasteiger partial charge in [0.15, 0.2) is 0 Å². The van der Waals surface area contributed by atoms with Crippen molar-refractivity contribution in [3.05, 3.63) is 0 Å². The number of carbonyl (C=O) groups is 1. The fourth-order valence-electron chi connectivity index (χ4n) is 2.09. The van der Waals surface area contributed by atoms with Crippen LogP contribution in [0.5, 0.6) is 0 Å². The molecular formula is C12H22BrNO. The summed E-state index contributed by atoms with van der Waals surface area (Å²) in [6, 6.07) is 0. The van der Waals surface area contributed by atoms with Crippen LogP contribution in [0.3, 0.4) is 0 Å². The number of hydrogen-bond donors (Lipinski definition) is 0. The van der Waals surface area contributed by atoms with Crippen LogP contribution < -0.4 is 0 Å². The average molecular weight is 276 g/mol. The van der Waals surface area contributed by atoms with Gasteiger partial charge in [0.1, 0.15) is 0 Å². The van der Waals surface area contributed by atoms with Crippen molar-refractivity contribution in [3.8, 4) is 0 Å². The summed E-state index contributed by atoms with van der Waals surface area (Å²) < 4.78 is 0. The summed E-state index contributed by atoms with van der Waals surface area (Å²) in [6.45, 7) is 8.31. The molecular weight excluding hydrogens is 254 g/mol. The Morgan fingerprint density at radius 2 is 1.87 bits per heavy atom. The maximum atomic E-state index is 11.8. The monoisotopic (exact) mass is 275 g/mol. The summed E-state index contributed by atoms with van der Waals surface area (Å²) >= 11 is 3.63. The molecule has 0 aromatic carbocycles. The Morgan fingerprint density at radius 3 is 2.27 bits per heavy atom. The number of likely N-dealkylation sites (tertiary alicyclic amines) is 1. The molecule has 1 heterocycles. The predicted molar refractivity (Wildman–Crippen MR) is 67.1 cm³/mol. The largest absolute Gasteiger partial charge is 0.343 e. The quantitative estimate of drug-likeness (QED) is 0.725. The van der Waals surface area contributed by atoms with Gasteiger partial charge >= 0.3 is 0 Å². The third kappa shape index (κ3) is 4.13. The van der Waals surface area contributed by atoms with Crippen molar-refractivity contribution < 1.29 is 4.79 Å². The second-order valence-electron chi connectivity index (χ2n) is 4.99. The van der Waals surface area contributed by atoms with Crippen molar-refractivity contribution in [2.45, 2.75) is 44.9 Å². The number of rotatable bonds is 3. The molecule has 0 radical (unpaired) electrons. The Kier molecular flexibility index (Phi) is 5.10. The summed E-state index contributed by atoms with van der Waals surface area (Å²) in [6.07, 6.45) is 3.00. The molecule has 0 bridgehead atoms. The van der Waals surface area contributed by atoms with Crippen LogP contribution in [0.15, 0.2) is 0 Å². The van der Waals surface area contributed by atoms with Crippen LogP contribution in [0, 0.1) is 11.8 Å². The number of halogens is 1. The molecule has 0 spiro atoms. The first-order valence-corrected chi connectivity index (χ1v) is 6.84. The van der Waals surface area contributed by atoms with E-state index in [1.54, 1.807) is 0 Å². The second kappa shape index (κ2) is 5.88. The lowest BCUT2D eigenvalue weighted by Gasteiger charge is -2.33. The molecule has 3 heteroatoms. The van der Waals surface area contributed by atoms with Gasteiger partial charge in [0, 0.05) is 24.3 Å². The van der Waals surface area contributed by atoms with Crippen LogP contribution in [0.4, 0.5) is 0 Å². The molecule has 1 aliphatic heterocycles. The van der Waals surface area contributed by atoms with Crippen LogP contribution in [0.25, 0.3) is 0 Å². The van der Waals surface area contributed by atoms with Crippen molar-refractivity contribution in [3.63, 3.8) is 0 Å². The van der Waals surface area contributed by atoms with E-state index in [1.165, 1.54) is 0 Å². The van der Waals surface area contributed by atoms with E-state index in [9.17, 15) is 4.79 Å². The number of piperidine rings is 1. The zero-order chi connectivity index (χ0) is 11.4. The Morgan fingerprint density at radius 1 is 1.33 bits per heavy atom. The molecule has 88 valence electrons. The summed E-state index contributed by atoms with van der Waals surface area (Å²) in [5, 5.41) is 0. The molecule has 0 aromatic heterocycles. The molecule has 0 aromatic rings. The standard InChI is InChI=1S/C12H22BrNO/c1-9(2)8-12(15)14-6-4-11(5-7-14)10(3)13/h9-11H,4-8H2,1-3H3. The molecule has 1 saturated heterocycles. The molecule has 0 saturated carbocycles. The Labute approximate surface area is 102 Å². The zero-order valence-corrected chi connectivity index (χ0v) is 11.6. The summed E-state index contributed by atoms with van der Waals surface area (Å²) in [5.41, 5.74) is 0. The van der Waals surface area contributed by atoms with E-state index >= 15 is 0 Å². The lowest BCUT2D eigenvalue weighted by atomic mass is 9.94. The van der Waals surface area contributed by atoms with Crippen LogP contribution in [0.1, 0.15) is 40.0 Å².